The number of carbonyl (C=O) groups excluding carboxylic acids is 1. The summed E-state index contributed by atoms with van der Waals surface area (Å²) in [6.45, 7) is 7.88. The zero-order chi connectivity index (χ0) is 19.4. The molecule has 1 heterocycles. The van der Waals surface area contributed by atoms with Gasteiger partial charge in [0.1, 0.15) is 5.75 Å². The molecule has 2 aromatic carbocycles. The summed E-state index contributed by atoms with van der Waals surface area (Å²) < 4.78 is 10.6. The summed E-state index contributed by atoms with van der Waals surface area (Å²) in [7, 11) is 0. The molecule has 0 aliphatic rings. The maximum atomic E-state index is 12.3. The number of para-hydroxylation sites is 1. The summed E-state index contributed by atoms with van der Waals surface area (Å²) in [6, 6.07) is 13.2. The van der Waals surface area contributed by atoms with Crippen molar-refractivity contribution in [2.75, 3.05) is 11.9 Å². The van der Waals surface area contributed by atoms with Crippen molar-refractivity contribution >= 4 is 11.6 Å². The Morgan fingerprint density at radius 1 is 1.15 bits per heavy atom. The maximum Gasteiger partial charge on any atom is 0.262 e. The largest absolute Gasteiger partial charge is 0.484 e. The molecule has 0 atom stereocenters. The molecule has 6 nitrogen and oxygen atoms in total. The third-order valence-electron chi connectivity index (χ3n) is 4.20. The number of amides is 1. The zero-order valence-corrected chi connectivity index (χ0v) is 15.9. The number of hydrogen-bond acceptors (Lipinski definition) is 5. The fourth-order valence-corrected chi connectivity index (χ4v) is 2.78. The van der Waals surface area contributed by atoms with Crippen LogP contribution in [-0.2, 0) is 4.79 Å². The maximum absolute atomic E-state index is 12.3. The first-order valence-electron chi connectivity index (χ1n) is 8.87. The van der Waals surface area contributed by atoms with Gasteiger partial charge in [-0.25, -0.2) is 0 Å². The zero-order valence-electron chi connectivity index (χ0n) is 15.9. The Bertz CT molecular complexity index is 930. The van der Waals surface area contributed by atoms with Gasteiger partial charge < -0.3 is 14.6 Å². The van der Waals surface area contributed by atoms with Crippen LogP contribution in [0.1, 0.15) is 36.8 Å². The smallest absolute Gasteiger partial charge is 0.262 e. The number of anilines is 1. The fraction of sp³-hybridized carbons (Fsp3) is 0.286. The van der Waals surface area contributed by atoms with Crippen LogP contribution in [-0.4, -0.2) is 22.7 Å². The lowest BCUT2D eigenvalue weighted by molar-refractivity contribution is -0.118. The Morgan fingerprint density at radius 3 is 2.52 bits per heavy atom. The van der Waals surface area contributed by atoms with Gasteiger partial charge in [-0.1, -0.05) is 37.2 Å². The van der Waals surface area contributed by atoms with E-state index in [1.807, 2.05) is 37.3 Å². The molecule has 3 aromatic rings. The molecule has 0 saturated heterocycles. The molecular formula is C21H23N3O3. The minimum Gasteiger partial charge on any atom is -0.484 e. The van der Waals surface area contributed by atoms with Crippen LogP contribution in [0, 0.1) is 13.8 Å². The van der Waals surface area contributed by atoms with E-state index in [0.717, 1.165) is 22.4 Å². The van der Waals surface area contributed by atoms with Crippen molar-refractivity contribution in [3.8, 4) is 17.1 Å². The average molecular weight is 365 g/mol. The highest BCUT2D eigenvalue weighted by Gasteiger charge is 2.12. The van der Waals surface area contributed by atoms with Crippen LogP contribution in [0.25, 0.3) is 11.4 Å². The lowest BCUT2D eigenvalue weighted by Crippen LogP contribution is -2.21. The van der Waals surface area contributed by atoms with Crippen molar-refractivity contribution in [1.82, 2.24) is 10.1 Å². The molecule has 0 bridgehead atoms. The standard InChI is InChI=1S/C21H23N3O3/c1-13(2)18-7-5-6-14(3)20(18)23-19(25)12-26-17-10-8-16(9-11-17)21-22-15(4)27-24-21/h5-11,13H,12H2,1-4H3,(H,23,25). The second-order valence-electron chi connectivity index (χ2n) is 6.69. The summed E-state index contributed by atoms with van der Waals surface area (Å²) in [5.74, 6) is 1.77. The Hall–Kier alpha value is -3.15. The molecule has 140 valence electrons. The first kappa shape index (κ1) is 18.6. The van der Waals surface area contributed by atoms with Crippen LogP contribution >= 0.6 is 0 Å². The lowest BCUT2D eigenvalue weighted by Gasteiger charge is -2.16. The Balaban J connectivity index is 1.61. The quantitative estimate of drug-likeness (QED) is 0.696. The van der Waals surface area contributed by atoms with Gasteiger partial charge in [0.15, 0.2) is 6.61 Å². The Kier molecular flexibility index (Phi) is 5.54. The van der Waals surface area contributed by atoms with Gasteiger partial charge in [0.05, 0.1) is 0 Å². The number of nitrogens with zero attached hydrogens (tertiary/aromatic N) is 2. The van der Waals surface area contributed by atoms with E-state index in [-0.39, 0.29) is 12.5 Å². The average Bonchev–Trinajstić information content (AvgIpc) is 3.08. The summed E-state index contributed by atoms with van der Waals surface area (Å²) in [4.78, 5) is 16.5. The van der Waals surface area contributed by atoms with E-state index >= 15 is 0 Å². The SMILES string of the molecule is Cc1nc(-c2ccc(OCC(=O)Nc3c(C)cccc3C(C)C)cc2)no1. The molecule has 0 fully saturated rings. The van der Waals surface area contributed by atoms with Gasteiger partial charge >= 0.3 is 0 Å². The van der Waals surface area contributed by atoms with E-state index in [1.165, 1.54) is 0 Å². The van der Waals surface area contributed by atoms with Gasteiger partial charge in [-0.2, -0.15) is 4.98 Å². The summed E-state index contributed by atoms with van der Waals surface area (Å²) >= 11 is 0. The number of nitrogens with one attached hydrogen (secondary N) is 1. The minimum absolute atomic E-state index is 0.0630. The van der Waals surface area contributed by atoms with Crippen molar-refractivity contribution in [3.63, 3.8) is 0 Å². The van der Waals surface area contributed by atoms with Crippen molar-refractivity contribution in [2.24, 2.45) is 0 Å². The van der Waals surface area contributed by atoms with Crippen LogP contribution < -0.4 is 10.1 Å². The van der Waals surface area contributed by atoms with E-state index in [4.69, 9.17) is 9.26 Å². The number of rotatable bonds is 6. The predicted octanol–water partition coefficient (Wildman–Crippen LogP) is 4.49. The fourth-order valence-electron chi connectivity index (χ4n) is 2.78. The topological polar surface area (TPSA) is 77.2 Å². The summed E-state index contributed by atoms with van der Waals surface area (Å²) in [5.41, 5.74) is 3.84. The number of carbonyl (C=O) groups is 1. The number of aromatic nitrogens is 2. The van der Waals surface area contributed by atoms with E-state index in [1.54, 1.807) is 19.1 Å². The molecule has 0 saturated carbocycles. The molecule has 1 N–H and O–H groups in total. The van der Waals surface area contributed by atoms with Crippen LogP contribution in [0.5, 0.6) is 5.75 Å². The van der Waals surface area contributed by atoms with Crippen LogP contribution in [0.15, 0.2) is 47.0 Å². The van der Waals surface area contributed by atoms with Crippen LogP contribution in [0.3, 0.4) is 0 Å². The third kappa shape index (κ3) is 4.53. The van der Waals surface area contributed by atoms with Gasteiger partial charge in [0.25, 0.3) is 5.91 Å². The summed E-state index contributed by atoms with van der Waals surface area (Å²) in [5, 5.41) is 6.85. The van der Waals surface area contributed by atoms with Crippen LogP contribution in [0.2, 0.25) is 0 Å². The van der Waals surface area contributed by atoms with Gasteiger partial charge in [-0.15, -0.1) is 0 Å². The second-order valence-corrected chi connectivity index (χ2v) is 6.69. The number of hydrogen-bond donors (Lipinski definition) is 1. The van der Waals surface area contributed by atoms with Crippen molar-refractivity contribution < 1.29 is 14.1 Å². The number of aryl methyl sites for hydroxylation is 2. The molecule has 1 aromatic heterocycles. The highest BCUT2D eigenvalue weighted by molar-refractivity contribution is 5.93. The Labute approximate surface area is 158 Å². The monoisotopic (exact) mass is 365 g/mol. The van der Waals surface area contributed by atoms with Gasteiger partial charge in [0.2, 0.25) is 11.7 Å². The first-order valence-corrected chi connectivity index (χ1v) is 8.87. The molecule has 0 unspecified atom stereocenters. The second kappa shape index (κ2) is 8.03. The molecule has 0 aliphatic carbocycles. The number of ether oxygens (including phenoxy) is 1. The normalized spacial score (nSPS) is 10.9. The van der Waals surface area contributed by atoms with E-state index < -0.39 is 0 Å². The van der Waals surface area contributed by atoms with Crippen molar-refractivity contribution in [1.29, 1.82) is 0 Å². The molecule has 6 heteroatoms. The molecule has 27 heavy (non-hydrogen) atoms. The van der Waals surface area contributed by atoms with Gasteiger partial charge in [-0.3, -0.25) is 4.79 Å². The Morgan fingerprint density at radius 2 is 1.89 bits per heavy atom. The molecule has 0 aliphatic heterocycles. The molecule has 3 rings (SSSR count). The predicted molar refractivity (Wildman–Crippen MR) is 104 cm³/mol. The van der Waals surface area contributed by atoms with Gasteiger partial charge in [-0.05, 0) is 48.2 Å². The molecule has 0 spiro atoms. The van der Waals surface area contributed by atoms with Gasteiger partial charge in [0, 0.05) is 18.2 Å². The molecular weight excluding hydrogens is 342 g/mol. The number of benzene rings is 2. The minimum atomic E-state index is -0.191. The van der Waals surface area contributed by atoms with E-state index in [9.17, 15) is 4.79 Å². The van der Waals surface area contributed by atoms with E-state index in [0.29, 0.717) is 23.4 Å². The summed E-state index contributed by atoms with van der Waals surface area (Å²) in [6.07, 6.45) is 0. The lowest BCUT2D eigenvalue weighted by atomic mass is 9.98. The highest BCUT2D eigenvalue weighted by Crippen LogP contribution is 2.27. The van der Waals surface area contributed by atoms with Crippen molar-refractivity contribution in [3.05, 3.63) is 59.5 Å². The molecule has 1 amide bonds. The van der Waals surface area contributed by atoms with Crippen LogP contribution in [0.4, 0.5) is 5.69 Å². The van der Waals surface area contributed by atoms with E-state index in [2.05, 4.69) is 29.3 Å². The third-order valence-corrected chi connectivity index (χ3v) is 4.20. The molecule has 0 radical (unpaired) electrons. The first-order chi connectivity index (χ1) is 12.9. The highest BCUT2D eigenvalue weighted by atomic mass is 16.5. The van der Waals surface area contributed by atoms with Crippen molar-refractivity contribution in [2.45, 2.75) is 33.6 Å².